The van der Waals surface area contributed by atoms with Gasteiger partial charge in [0.05, 0.1) is 6.54 Å². The maximum absolute atomic E-state index is 12.8. The molecule has 0 saturated heterocycles. The van der Waals surface area contributed by atoms with Crippen LogP contribution < -0.4 is 5.32 Å². The third kappa shape index (κ3) is 1.94. The van der Waals surface area contributed by atoms with E-state index in [4.69, 9.17) is 0 Å². The van der Waals surface area contributed by atoms with Gasteiger partial charge in [-0.3, -0.25) is 0 Å². The Hall–Kier alpha value is -1.75. The zero-order valence-corrected chi connectivity index (χ0v) is 9.24. The van der Waals surface area contributed by atoms with E-state index in [1.165, 1.54) is 12.1 Å². The summed E-state index contributed by atoms with van der Waals surface area (Å²) in [6, 6.07) is 6.23. The van der Waals surface area contributed by atoms with Crippen LogP contribution in [0.2, 0.25) is 0 Å². The fourth-order valence-corrected chi connectivity index (χ4v) is 1.52. The van der Waals surface area contributed by atoms with E-state index >= 15 is 0 Å². The van der Waals surface area contributed by atoms with Crippen molar-refractivity contribution >= 4 is 0 Å². The fourth-order valence-electron chi connectivity index (χ4n) is 1.52. The van der Waals surface area contributed by atoms with Gasteiger partial charge < -0.3 is 9.88 Å². The van der Waals surface area contributed by atoms with Crippen molar-refractivity contribution in [1.82, 2.24) is 20.1 Å². The normalized spacial score (nSPS) is 10.7. The van der Waals surface area contributed by atoms with E-state index < -0.39 is 0 Å². The molecule has 1 aromatic heterocycles. The van der Waals surface area contributed by atoms with E-state index in [-0.39, 0.29) is 5.82 Å². The lowest BCUT2D eigenvalue weighted by Gasteiger charge is -2.03. The molecule has 1 N–H and O–H groups in total. The molecule has 2 aromatic rings. The molecule has 0 saturated carbocycles. The van der Waals surface area contributed by atoms with Gasteiger partial charge in [-0.25, -0.2) is 4.39 Å². The van der Waals surface area contributed by atoms with Gasteiger partial charge in [0, 0.05) is 12.6 Å². The van der Waals surface area contributed by atoms with E-state index in [0.717, 1.165) is 17.2 Å². The average Bonchev–Trinajstić information content (AvgIpc) is 2.63. The van der Waals surface area contributed by atoms with Gasteiger partial charge in [0.1, 0.15) is 11.6 Å². The summed E-state index contributed by atoms with van der Waals surface area (Å²) in [6.07, 6.45) is 0. The zero-order chi connectivity index (χ0) is 11.5. The fraction of sp³-hybridized carbons (Fsp3) is 0.273. The minimum Gasteiger partial charge on any atom is -0.313 e. The van der Waals surface area contributed by atoms with Crippen LogP contribution >= 0.6 is 0 Å². The molecule has 0 bridgehead atoms. The maximum Gasteiger partial charge on any atom is 0.163 e. The lowest BCUT2D eigenvalue weighted by Crippen LogP contribution is -2.10. The second kappa shape index (κ2) is 4.40. The molecule has 16 heavy (non-hydrogen) atoms. The van der Waals surface area contributed by atoms with E-state index in [0.29, 0.717) is 6.54 Å². The minimum absolute atomic E-state index is 0.249. The Morgan fingerprint density at radius 1 is 1.25 bits per heavy atom. The number of benzene rings is 1. The van der Waals surface area contributed by atoms with Crippen molar-refractivity contribution in [3.05, 3.63) is 35.9 Å². The van der Waals surface area contributed by atoms with E-state index in [2.05, 4.69) is 15.5 Å². The van der Waals surface area contributed by atoms with Crippen molar-refractivity contribution in [2.45, 2.75) is 6.54 Å². The molecule has 0 amide bonds. The largest absolute Gasteiger partial charge is 0.313 e. The highest BCUT2D eigenvalue weighted by molar-refractivity contribution is 5.54. The zero-order valence-electron chi connectivity index (χ0n) is 9.24. The molecular formula is C11H13FN4. The molecule has 0 spiro atoms. The highest BCUT2D eigenvalue weighted by atomic mass is 19.1. The summed E-state index contributed by atoms with van der Waals surface area (Å²) in [6.45, 7) is 0.657. The number of halogens is 1. The second-order valence-corrected chi connectivity index (χ2v) is 3.54. The highest BCUT2D eigenvalue weighted by Gasteiger charge is 2.09. The number of nitrogens with one attached hydrogen (secondary N) is 1. The molecule has 0 radical (unpaired) electrons. The molecule has 5 heteroatoms. The first-order chi connectivity index (χ1) is 7.72. The standard InChI is InChI=1S/C11H13FN4/c1-13-7-10-14-15-11(16(10)2)8-3-5-9(12)6-4-8/h3-6,13H,7H2,1-2H3. The van der Waals surface area contributed by atoms with Gasteiger partial charge >= 0.3 is 0 Å². The molecule has 84 valence electrons. The van der Waals surface area contributed by atoms with Crippen molar-refractivity contribution < 1.29 is 4.39 Å². The Balaban J connectivity index is 2.37. The van der Waals surface area contributed by atoms with Gasteiger partial charge in [-0.05, 0) is 31.3 Å². The first-order valence-electron chi connectivity index (χ1n) is 5.01. The Morgan fingerprint density at radius 3 is 2.56 bits per heavy atom. The van der Waals surface area contributed by atoms with Crippen molar-refractivity contribution in [3.63, 3.8) is 0 Å². The van der Waals surface area contributed by atoms with Crippen molar-refractivity contribution in [2.24, 2.45) is 7.05 Å². The van der Waals surface area contributed by atoms with Crippen LogP contribution in [0.25, 0.3) is 11.4 Å². The van der Waals surface area contributed by atoms with Gasteiger partial charge in [-0.15, -0.1) is 10.2 Å². The third-order valence-corrected chi connectivity index (χ3v) is 2.40. The summed E-state index contributed by atoms with van der Waals surface area (Å²) in [4.78, 5) is 0. The topological polar surface area (TPSA) is 42.7 Å². The van der Waals surface area contributed by atoms with Crippen LogP contribution in [-0.2, 0) is 13.6 Å². The second-order valence-electron chi connectivity index (χ2n) is 3.54. The quantitative estimate of drug-likeness (QED) is 0.848. The summed E-state index contributed by atoms with van der Waals surface area (Å²) >= 11 is 0. The van der Waals surface area contributed by atoms with Crippen molar-refractivity contribution in [3.8, 4) is 11.4 Å². The summed E-state index contributed by atoms with van der Waals surface area (Å²) in [5.74, 6) is 1.34. The van der Waals surface area contributed by atoms with Crippen LogP contribution in [0.15, 0.2) is 24.3 Å². The Kier molecular flexibility index (Phi) is 2.96. The number of rotatable bonds is 3. The van der Waals surface area contributed by atoms with Crippen LogP contribution in [0.4, 0.5) is 4.39 Å². The molecule has 2 rings (SSSR count). The van der Waals surface area contributed by atoms with Crippen LogP contribution in [0.5, 0.6) is 0 Å². The summed E-state index contributed by atoms with van der Waals surface area (Å²) < 4.78 is 14.7. The molecule has 0 aliphatic rings. The Bertz CT molecular complexity index is 475. The van der Waals surface area contributed by atoms with Gasteiger partial charge in [-0.2, -0.15) is 0 Å². The molecule has 0 aliphatic carbocycles. The minimum atomic E-state index is -0.249. The van der Waals surface area contributed by atoms with E-state index in [1.54, 1.807) is 12.1 Å². The maximum atomic E-state index is 12.8. The molecule has 1 heterocycles. The Morgan fingerprint density at radius 2 is 1.94 bits per heavy atom. The molecule has 4 nitrogen and oxygen atoms in total. The van der Waals surface area contributed by atoms with Crippen LogP contribution in [0.3, 0.4) is 0 Å². The van der Waals surface area contributed by atoms with Gasteiger partial charge in [0.25, 0.3) is 0 Å². The summed E-state index contributed by atoms with van der Waals surface area (Å²) in [5.41, 5.74) is 0.860. The van der Waals surface area contributed by atoms with Crippen LogP contribution in [-0.4, -0.2) is 21.8 Å². The number of hydrogen-bond donors (Lipinski definition) is 1. The molecular weight excluding hydrogens is 207 g/mol. The number of hydrogen-bond acceptors (Lipinski definition) is 3. The third-order valence-electron chi connectivity index (χ3n) is 2.40. The predicted molar refractivity (Wildman–Crippen MR) is 59.2 cm³/mol. The first kappa shape index (κ1) is 10.8. The molecule has 1 aromatic carbocycles. The van der Waals surface area contributed by atoms with Crippen molar-refractivity contribution in [2.75, 3.05) is 7.05 Å². The van der Waals surface area contributed by atoms with Gasteiger partial charge in [0.15, 0.2) is 5.82 Å². The summed E-state index contributed by atoms with van der Waals surface area (Å²) in [7, 11) is 3.75. The van der Waals surface area contributed by atoms with E-state index in [9.17, 15) is 4.39 Å². The monoisotopic (exact) mass is 220 g/mol. The lowest BCUT2D eigenvalue weighted by atomic mass is 10.2. The summed E-state index contributed by atoms with van der Waals surface area (Å²) in [5, 5.41) is 11.2. The molecule has 0 unspecified atom stereocenters. The van der Waals surface area contributed by atoms with Crippen LogP contribution in [0, 0.1) is 5.82 Å². The first-order valence-corrected chi connectivity index (χ1v) is 5.01. The predicted octanol–water partition coefficient (Wildman–Crippen LogP) is 1.34. The van der Waals surface area contributed by atoms with E-state index in [1.807, 2.05) is 18.7 Å². The van der Waals surface area contributed by atoms with Crippen LogP contribution in [0.1, 0.15) is 5.82 Å². The molecule has 0 aliphatic heterocycles. The average molecular weight is 220 g/mol. The molecule has 0 atom stereocenters. The van der Waals surface area contributed by atoms with Gasteiger partial charge in [-0.1, -0.05) is 0 Å². The van der Waals surface area contributed by atoms with Crippen molar-refractivity contribution in [1.29, 1.82) is 0 Å². The van der Waals surface area contributed by atoms with Gasteiger partial charge in [0.2, 0.25) is 0 Å². The smallest absolute Gasteiger partial charge is 0.163 e. The molecule has 0 fully saturated rings. The number of aromatic nitrogens is 3. The highest BCUT2D eigenvalue weighted by Crippen LogP contribution is 2.17. The number of nitrogens with zero attached hydrogens (tertiary/aromatic N) is 3. The lowest BCUT2D eigenvalue weighted by molar-refractivity contribution is 0.628. The SMILES string of the molecule is CNCc1nnc(-c2ccc(F)cc2)n1C. The Labute approximate surface area is 93.1 Å².